The summed E-state index contributed by atoms with van der Waals surface area (Å²) in [4.78, 5) is 37.1. The molecule has 0 saturated carbocycles. The Kier molecular flexibility index (Phi) is 7.55. The van der Waals surface area contributed by atoms with Crippen molar-refractivity contribution in [2.75, 3.05) is 12.4 Å². The molecule has 0 saturated heterocycles. The molecule has 3 rings (SSSR count). The Balaban J connectivity index is 1.70. The highest BCUT2D eigenvalue weighted by molar-refractivity contribution is 7.13. The first-order valence-electron chi connectivity index (χ1n) is 9.22. The number of carbonyl (C=O) groups excluding carboxylic acids is 2. The first-order chi connectivity index (χ1) is 15.5. The van der Waals surface area contributed by atoms with E-state index in [1.54, 1.807) is 6.92 Å². The third-order valence-electron chi connectivity index (χ3n) is 4.41. The predicted octanol–water partition coefficient (Wildman–Crippen LogP) is 5.90. The Labute approximate surface area is 199 Å². The van der Waals surface area contributed by atoms with Gasteiger partial charge in [0, 0.05) is 18.0 Å². The molecule has 3 aromatic rings. The van der Waals surface area contributed by atoms with Crippen LogP contribution in [0.25, 0.3) is 0 Å². The Bertz CT molecular complexity index is 1200. The summed E-state index contributed by atoms with van der Waals surface area (Å²) in [6.07, 6.45) is -2.21. The van der Waals surface area contributed by atoms with E-state index in [1.807, 2.05) is 0 Å². The van der Waals surface area contributed by atoms with Gasteiger partial charge in [-0.2, -0.15) is 13.2 Å². The summed E-state index contributed by atoms with van der Waals surface area (Å²) in [5.74, 6) is -1.31. The number of nitrogens with one attached hydrogen (secondary N) is 1. The quantitative estimate of drug-likeness (QED) is 0.391. The van der Waals surface area contributed by atoms with Crippen LogP contribution >= 0.6 is 34.5 Å². The SMILES string of the molecule is COc1ncnc(C(=O)C[C@@H](C)c2ncc(C(=O)Nc3ccc(Cl)c(C(F)(F)F)c3)s2)c1Cl. The van der Waals surface area contributed by atoms with Gasteiger partial charge in [-0.1, -0.05) is 30.1 Å². The number of ketones is 1. The highest BCUT2D eigenvalue weighted by Gasteiger charge is 2.33. The minimum Gasteiger partial charge on any atom is -0.480 e. The molecule has 0 radical (unpaired) electrons. The maximum Gasteiger partial charge on any atom is 0.417 e. The lowest BCUT2D eigenvalue weighted by Crippen LogP contribution is -2.12. The minimum atomic E-state index is -4.66. The summed E-state index contributed by atoms with van der Waals surface area (Å²) in [7, 11) is 1.36. The molecule has 0 bridgehead atoms. The lowest BCUT2D eigenvalue weighted by Gasteiger charge is -2.11. The predicted molar refractivity (Wildman–Crippen MR) is 117 cm³/mol. The average Bonchev–Trinajstić information content (AvgIpc) is 3.25. The largest absolute Gasteiger partial charge is 0.480 e. The Morgan fingerprint density at radius 1 is 1.21 bits per heavy atom. The number of rotatable bonds is 7. The fraction of sp³-hybridized carbons (Fsp3) is 0.250. The number of amides is 1. The van der Waals surface area contributed by atoms with Gasteiger partial charge in [0.1, 0.15) is 21.9 Å². The normalized spacial score (nSPS) is 12.3. The number of methoxy groups -OCH3 is 1. The van der Waals surface area contributed by atoms with Gasteiger partial charge in [0.2, 0.25) is 5.88 Å². The van der Waals surface area contributed by atoms with Crippen molar-refractivity contribution in [2.45, 2.75) is 25.4 Å². The molecule has 1 atom stereocenters. The molecule has 0 unspecified atom stereocenters. The number of ether oxygens (including phenoxy) is 1. The first-order valence-corrected chi connectivity index (χ1v) is 10.8. The lowest BCUT2D eigenvalue weighted by molar-refractivity contribution is -0.137. The van der Waals surface area contributed by atoms with E-state index in [1.165, 1.54) is 19.4 Å². The van der Waals surface area contributed by atoms with Crippen molar-refractivity contribution in [1.82, 2.24) is 15.0 Å². The molecule has 0 aliphatic carbocycles. The van der Waals surface area contributed by atoms with Crippen molar-refractivity contribution in [3.05, 3.63) is 61.9 Å². The fourth-order valence-corrected chi connectivity index (χ4v) is 4.16. The molecule has 1 amide bonds. The lowest BCUT2D eigenvalue weighted by atomic mass is 10.0. The van der Waals surface area contributed by atoms with Crippen LogP contribution in [0, 0.1) is 0 Å². The van der Waals surface area contributed by atoms with Gasteiger partial charge in [-0.05, 0) is 18.2 Å². The molecular weight excluding hydrogens is 504 g/mol. The summed E-state index contributed by atoms with van der Waals surface area (Å²) in [6.45, 7) is 1.74. The van der Waals surface area contributed by atoms with Gasteiger partial charge in [0.25, 0.3) is 5.91 Å². The van der Waals surface area contributed by atoms with Gasteiger partial charge in [-0.25, -0.2) is 15.0 Å². The van der Waals surface area contributed by atoms with Gasteiger partial charge in [0.15, 0.2) is 5.78 Å². The van der Waals surface area contributed by atoms with E-state index in [4.69, 9.17) is 27.9 Å². The molecular formula is C20H15Cl2F3N4O3S. The molecule has 2 aromatic heterocycles. The minimum absolute atomic E-state index is 0.000582. The second-order valence-electron chi connectivity index (χ2n) is 6.78. The van der Waals surface area contributed by atoms with Gasteiger partial charge < -0.3 is 10.1 Å². The molecule has 1 aromatic carbocycles. The van der Waals surface area contributed by atoms with Crippen molar-refractivity contribution in [3.63, 3.8) is 0 Å². The Morgan fingerprint density at radius 2 is 1.94 bits per heavy atom. The smallest absolute Gasteiger partial charge is 0.417 e. The van der Waals surface area contributed by atoms with Crippen LogP contribution in [-0.2, 0) is 6.18 Å². The zero-order valence-electron chi connectivity index (χ0n) is 17.0. The van der Waals surface area contributed by atoms with Crippen molar-refractivity contribution >= 4 is 51.9 Å². The molecule has 0 spiro atoms. The number of anilines is 1. The number of benzene rings is 1. The summed E-state index contributed by atoms with van der Waals surface area (Å²) in [5, 5.41) is 2.40. The number of halogens is 5. The molecule has 2 heterocycles. The number of carbonyl (C=O) groups is 2. The number of alkyl halides is 3. The molecule has 0 aliphatic rings. The second-order valence-corrected chi connectivity index (χ2v) is 8.63. The zero-order chi connectivity index (χ0) is 24.3. The van der Waals surface area contributed by atoms with Crippen LogP contribution in [0.5, 0.6) is 5.88 Å². The standard InChI is InChI=1S/C20H15Cl2F3N4O3S/c1-9(5-13(30)16-15(22)18(32-2)28-8-27-16)19-26-7-14(33-19)17(31)29-10-3-4-12(21)11(6-10)20(23,24)25/h3-4,6-9H,5H2,1-2H3,(H,29,31)/t9-/m1/s1. The van der Waals surface area contributed by atoms with Gasteiger partial charge in [0.05, 0.1) is 28.9 Å². The second kappa shape index (κ2) is 10.0. The van der Waals surface area contributed by atoms with Gasteiger partial charge in [-0.3, -0.25) is 9.59 Å². The molecule has 0 aliphatic heterocycles. The van der Waals surface area contributed by atoms with Gasteiger partial charge >= 0.3 is 6.18 Å². The van der Waals surface area contributed by atoms with Crippen LogP contribution in [0.3, 0.4) is 0 Å². The van der Waals surface area contributed by atoms with Crippen LogP contribution in [0.1, 0.15) is 50.0 Å². The van der Waals surface area contributed by atoms with E-state index < -0.39 is 22.7 Å². The van der Waals surface area contributed by atoms with E-state index >= 15 is 0 Å². The average molecular weight is 519 g/mol. The summed E-state index contributed by atoms with van der Waals surface area (Å²) in [6, 6.07) is 3.07. The Morgan fingerprint density at radius 3 is 2.61 bits per heavy atom. The Hall–Kier alpha value is -2.76. The maximum absolute atomic E-state index is 13.0. The third kappa shape index (κ3) is 5.79. The van der Waals surface area contributed by atoms with Crippen LogP contribution < -0.4 is 10.1 Å². The molecule has 0 fully saturated rings. The van der Waals surface area contributed by atoms with Crippen molar-refractivity contribution in [2.24, 2.45) is 0 Å². The first kappa shape index (κ1) is 24.9. The molecule has 7 nitrogen and oxygen atoms in total. The van der Waals surface area contributed by atoms with Crippen LogP contribution in [0.2, 0.25) is 10.0 Å². The summed E-state index contributed by atoms with van der Waals surface area (Å²) >= 11 is 12.7. The third-order valence-corrected chi connectivity index (χ3v) is 6.30. The maximum atomic E-state index is 13.0. The van der Waals surface area contributed by atoms with Crippen molar-refractivity contribution in [1.29, 1.82) is 0 Å². The molecule has 1 N–H and O–H groups in total. The molecule has 33 heavy (non-hydrogen) atoms. The van der Waals surface area contributed by atoms with E-state index in [-0.39, 0.29) is 45.3 Å². The topological polar surface area (TPSA) is 94.1 Å². The summed E-state index contributed by atoms with van der Waals surface area (Å²) in [5.41, 5.74) is -1.12. The number of nitrogens with zero attached hydrogens (tertiary/aromatic N) is 3. The zero-order valence-corrected chi connectivity index (χ0v) is 19.4. The highest BCUT2D eigenvalue weighted by atomic mass is 35.5. The van der Waals surface area contributed by atoms with Crippen molar-refractivity contribution < 1.29 is 27.5 Å². The highest BCUT2D eigenvalue weighted by Crippen LogP contribution is 2.36. The van der Waals surface area contributed by atoms with Crippen LogP contribution in [0.4, 0.5) is 18.9 Å². The van der Waals surface area contributed by atoms with Gasteiger partial charge in [-0.15, -0.1) is 11.3 Å². The van der Waals surface area contributed by atoms with E-state index in [0.717, 1.165) is 29.8 Å². The van der Waals surface area contributed by atoms with Crippen LogP contribution in [-0.4, -0.2) is 33.8 Å². The van der Waals surface area contributed by atoms with E-state index in [9.17, 15) is 22.8 Å². The number of Topliss-reactive ketones (excluding diaryl/α,β-unsaturated/α-hetero) is 1. The number of hydrogen-bond acceptors (Lipinski definition) is 7. The number of thiazole rings is 1. The van der Waals surface area contributed by atoms with Crippen LogP contribution in [0.15, 0.2) is 30.7 Å². The van der Waals surface area contributed by atoms with Crippen molar-refractivity contribution in [3.8, 4) is 5.88 Å². The molecule has 174 valence electrons. The van der Waals surface area contributed by atoms with E-state index in [2.05, 4.69) is 20.3 Å². The number of hydrogen-bond donors (Lipinski definition) is 1. The number of aromatic nitrogens is 3. The molecule has 13 heteroatoms. The fourth-order valence-electron chi connectivity index (χ4n) is 2.79. The van der Waals surface area contributed by atoms with E-state index in [0.29, 0.717) is 5.01 Å². The monoisotopic (exact) mass is 518 g/mol. The summed E-state index contributed by atoms with van der Waals surface area (Å²) < 4.78 is 44.0.